The highest BCUT2D eigenvalue weighted by atomic mass is 79.9. The van der Waals surface area contributed by atoms with Gasteiger partial charge in [0, 0.05) is 27.1 Å². The van der Waals surface area contributed by atoms with Gasteiger partial charge in [0.15, 0.2) is 17.3 Å². The molecule has 0 aliphatic carbocycles. The molecule has 2 heterocycles. The van der Waals surface area contributed by atoms with Gasteiger partial charge in [-0.2, -0.15) is 5.10 Å². The van der Waals surface area contributed by atoms with Crippen LogP contribution < -0.4 is 19.6 Å². The minimum Gasteiger partial charge on any atom is -0.490 e. The molecule has 8 nitrogen and oxygen atoms in total. The molecule has 0 radical (unpaired) electrons. The second-order valence-corrected chi connectivity index (χ2v) is 11.5. The molecular weight excluding hydrogens is 658 g/mol. The topological polar surface area (TPSA) is 87.2 Å². The molecule has 1 amide bonds. The van der Waals surface area contributed by atoms with Crippen LogP contribution in [-0.4, -0.2) is 23.3 Å². The second kappa shape index (κ2) is 14.5. The van der Waals surface area contributed by atoms with Crippen LogP contribution in [0.15, 0.2) is 92.9 Å². The summed E-state index contributed by atoms with van der Waals surface area (Å²) in [6, 6.07) is 25.0. The summed E-state index contributed by atoms with van der Waals surface area (Å²) < 4.78 is 26.1. The number of aromatic nitrogens is 1. The van der Waals surface area contributed by atoms with Crippen molar-refractivity contribution in [1.82, 2.24) is 9.99 Å². The number of halogens is 2. The average molecular weight is 691 g/mol. The van der Waals surface area contributed by atoms with E-state index >= 15 is 0 Å². The first-order chi connectivity index (χ1) is 21.7. The first-order valence-electron chi connectivity index (χ1n) is 14.4. The summed E-state index contributed by atoms with van der Waals surface area (Å²) in [4.78, 5) is 12.7. The van der Waals surface area contributed by atoms with Crippen LogP contribution in [0.4, 0.5) is 0 Å². The first kappa shape index (κ1) is 31.9. The molecule has 0 bridgehead atoms. The van der Waals surface area contributed by atoms with Crippen LogP contribution in [0.3, 0.4) is 0 Å². The van der Waals surface area contributed by atoms with Gasteiger partial charge in [-0.05, 0) is 104 Å². The standard InChI is InChI=1S/C35H33BrClN3O5/c1-5-42-31-18-26(32(36)33(37)34(31)44-20-25-8-6-7-22(2)17-25)19-38-39-35(41)30-16-15-29(45-30)21-43-28-13-11-27(12-14-28)40-23(3)9-10-24(40)4/h6-19H,5,20-21H2,1-4H3,(H,39,41)/b38-19+. The van der Waals surface area contributed by atoms with Gasteiger partial charge < -0.3 is 23.2 Å². The lowest BCUT2D eigenvalue weighted by Crippen LogP contribution is -2.16. The molecule has 3 aromatic carbocycles. The fourth-order valence-corrected chi connectivity index (χ4v) is 5.42. The molecule has 10 heteroatoms. The zero-order valence-corrected chi connectivity index (χ0v) is 27.7. The predicted molar refractivity (Wildman–Crippen MR) is 179 cm³/mol. The smallest absolute Gasteiger partial charge is 0.307 e. The van der Waals surface area contributed by atoms with E-state index in [2.05, 4.69) is 57.0 Å². The Balaban J connectivity index is 1.19. The van der Waals surface area contributed by atoms with Gasteiger partial charge in [-0.25, -0.2) is 5.43 Å². The predicted octanol–water partition coefficient (Wildman–Crippen LogP) is 8.73. The Bertz CT molecular complexity index is 1810. The van der Waals surface area contributed by atoms with Crippen molar-refractivity contribution >= 4 is 39.7 Å². The van der Waals surface area contributed by atoms with E-state index in [1.54, 1.807) is 18.2 Å². The number of hydrazone groups is 1. The molecule has 5 aromatic rings. The van der Waals surface area contributed by atoms with Gasteiger partial charge in [-0.1, -0.05) is 41.4 Å². The highest BCUT2D eigenvalue weighted by Crippen LogP contribution is 2.42. The van der Waals surface area contributed by atoms with E-state index < -0.39 is 5.91 Å². The molecule has 0 aliphatic heterocycles. The molecular formula is C35H33BrClN3O5. The lowest BCUT2D eigenvalue weighted by atomic mass is 10.1. The summed E-state index contributed by atoms with van der Waals surface area (Å²) in [6.07, 6.45) is 1.47. The number of ether oxygens (including phenoxy) is 3. The normalized spacial score (nSPS) is 11.2. The third kappa shape index (κ3) is 7.79. The maximum absolute atomic E-state index is 12.7. The Hall–Kier alpha value is -4.47. The molecule has 0 saturated carbocycles. The van der Waals surface area contributed by atoms with Crippen LogP contribution in [-0.2, 0) is 13.2 Å². The summed E-state index contributed by atoms with van der Waals surface area (Å²) >= 11 is 10.2. The number of hydrogen-bond donors (Lipinski definition) is 1. The number of nitrogens with one attached hydrogen (secondary N) is 1. The number of nitrogens with zero attached hydrogens (tertiary/aromatic N) is 2. The number of aryl methyl sites for hydroxylation is 3. The van der Waals surface area contributed by atoms with Crippen molar-refractivity contribution in [2.75, 3.05) is 6.61 Å². The van der Waals surface area contributed by atoms with E-state index in [9.17, 15) is 4.79 Å². The zero-order chi connectivity index (χ0) is 31.9. The van der Waals surface area contributed by atoms with E-state index in [0.717, 1.165) is 28.2 Å². The van der Waals surface area contributed by atoms with Crippen LogP contribution in [0.5, 0.6) is 17.2 Å². The fourth-order valence-electron chi connectivity index (χ4n) is 4.77. The Labute approximate surface area is 275 Å². The van der Waals surface area contributed by atoms with Crippen LogP contribution in [0.2, 0.25) is 5.02 Å². The summed E-state index contributed by atoms with van der Waals surface area (Å²) in [7, 11) is 0. The quantitative estimate of drug-likeness (QED) is 0.105. The second-order valence-electron chi connectivity index (χ2n) is 10.3. The molecule has 0 aliphatic rings. The lowest BCUT2D eigenvalue weighted by Gasteiger charge is -2.16. The third-order valence-electron chi connectivity index (χ3n) is 6.92. The molecule has 0 saturated heterocycles. The number of amides is 1. The molecule has 0 atom stereocenters. The minimum atomic E-state index is -0.510. The van der Waals surface area contributed by atoms with Gasteiger partial charge in [-0.15, -0.1) is 0 Å². The van der Waals surface area contributed by atoms with Gasteiger partial charge in [0.05, 0.1) is 12.8 Å². The molecule has 5 rings (SSSR count). The molecule has 232 valence electrons. The van der Waals surface area contributed by atoms with Crippen molar-refractivity contribution in [3.05, 3.63) is 128 Å². The molecule has 45 heavy (non-hydrogen) atoms. The SMILES string of the molecule is CCOc1cc(/C=N/NC(=O)c2ccc(COc3ccc(-n4c(C)ccc4C)cc3)o2)c(Br)c(Cl)c1OCc1cccc(C)c1. The van der Waals surface area contributed by atoms with Gasteiger partial charge in [0.1, 0.15) is 29.7 Å². The summed E-state index contributed by atoms with van der Waals surface area (Å²) in [5.41, 5.74) is 8.61. The Morgan fingerprint density at radius 2 is 1.71 bits per heavy atom. The number of carbonyl (C=O) groups is 1. The van der Waals surface area contributed by atoms with Gasteiger partial charge in [0.25, 0.3) is 0 Å². The molecule has 1 N–H and O–H groups in total. The maximum atomic E-state index is 12.7. The van der Waals surface area contributed by atoms with Crippen LogP contribution in [0.25, 0.3) is 5.69 Å². The monoisotopic (exact) mass is 689 g/mol. The molecule has 0 spiro atoms. The van der Waals surface area contributed by atoms with Crippen molar-refractivity contribution in [1.29, 1.82) is 0 Å². The van der Waals surface area contributed by atoms with E-state index in [1.807, 2.05) is 62.4 Å². The van der Waals surface area contributed by atoms with Crippen LogP contribution in [0, 0.1) is 20.8 Å². The van der Waals surface area contributed by atoms with Gasteiger partial charge in [-0.3, -0.25) is 4.79 Å². The lowest BCUT2D eigenvalue weighted by molar-refractivity contribution is 0.0923. The third-order valence-corrected chi connectivity index (χ3v) is 8.37. The van der Waals surface area contributed by atoms with Crippen LogP contribution in [0.1, 0.15) is 51.3 Å². The number of rotatable bonds is 12. The Morgan fingerprint density at radius 3 is 2.42 bits per heavy atom. The van der Waals surface area contributed by atoms with Crippen molar-refractivity contribution in [3.63, 3.8) is 0 Å². The number of benzene rings is 3. The van der Waals surface area contributed by atoms with Crippen LogP contribution >= 0.6 is 27.5 Å². The highest BCUT2D eigenvalue weighted by molar-refractivity contribution is 9.10. The van der Waals surface area contributed by atoms with Gasteiger partial charge >= 0.3 is 5.91 Å². The molecule has 0 fully saturated rings. The average Bonchev–Trinajstić information content (AvgIpc) is 3.64. The Kier molecular flexibility index (Phi) is 10.3. The zero-order valence-electron chi connectivity index (χ0n) is 25.4. The van der Waals surface area contributed by atoms with E-state index in [1.165, 1.54) is 6.21 Å². The van der Waals surface area contributed by atoms with E-state index in [-0.39, 0.29) is 12.4 Å². The fraction of sp³-hybridized carbons (Fsp3) is 0.200. The number of furan rings is 1. The van der Waals surface area contributed by atoms with Crippen molar-refractivity contribution in [2.24, 2.45) is 5.10 Å². The first-order valence-corrected chi connectivity index (χ1v) is 15.5. The van der Waals surface area contributed by atoms with Crippen molar-refractivity contribution in [2.45, 2.75) is 40.9 Å². The van der Waals surface area contributed by atoms with Gasteiger partial charge in [0.2, 0.25) is 0 Å². The number of carbonyl (C=O) groups excluding carboxylic acids is 1. The summed E-state index contributed by atoms with van der Waals surface area (Å²) in [5.74, 6) is 1.67. The van der Waals surface area contributed by atoms with Crippen molar-refractivity contribution in [3.8, 4) is 22.9 Å². The Morgan fingerprint density at radius 1 is 0.956 bits per heavy atom. The number of hydrogen-bond acceptors (Lipinski definition) is 6. The summed E-state index contributed by atoms with van der Waals surface area (Å²) in [5, 5.41) is 4.43. The highest BCUT2D eigenvalue weighted by Gasteiger charge is 2.18. The molecule has 0 unspecified atom stereocenters. The van der Waals surface area contributed by atoms with Crippen molar-refractivity contribution < 1.29 is 23.4 Å². The molecule has 2 aromatic heterocycles. The minimum absolute atomic E-state index is 0.103. The maximum Gasteiger partial charge on any atom is 0.307 e. The van der Waals surface area contributed by atoms with E-state index in [4.69, 9.17) is 30.2 Å². The largest absolute Gasteiger partial charge is 0.490 e. The summed E-state index contributed by atoms with van der Waals surface area (Å²) in [6.45, 7) is 8.95. The van der Waals surface area contributed by atoms with E-state index in [0.29, 0.717) is 51.3 Å².